The van der Waals surface area contributed by atoms with E-state index in [1.54, 1.807) is 16.8 Å². The quantitative estimate of drug-likeness (QED) is 0.363. The molecule has 0 aliphatic heterocycles. The van der Waals surface area contributed by atoms with Gasteiger partial charge in [0.05, 0.1) is 5.52 Å². The van der Waals surface area contributed by atoms with Gasteiger partial charge in [-0.1, -0.05) is 48.9 Å². The van der Waals surface area contributed by atoms with E-state index >= 15 is 0 Å². The van der Waals surface area contributed by atoms with E-state index in [1.807, 2.05) is 63.2 Å². The number of aromatic nitrogens is 3. The highest BCUT2D eigenvalue weighted by atomic mass is 16.3. The second-order valence-electron chi connectivity index (χ2n) is 9.61. The zero-order valence-corrected chi connectivity index (χ0v) is 21.5. The molecule has 4 rings (SSSR count). The van der Waals surface area contributed by atoms with Gasteiger partial charge in [-0.2, -0.15) is 0 Å². The third-order valence-corrected chi connectivity index (χ3v) is 6.14. The topological polar surface area (TPSA) is 93.3 Å². The molecule has 0 bridgehead atoms. The van der Waals surface area contributed by atoms with Crippen LogP contribution in [0.5, 0.6) is 0 Å². The van der Waals surface area contributed by atoms with Gasteiger partial charge in [0.1, 0.15) is 23.6 Å². The molecule has 2 heterocycles. The first kappa shape index (κ1) is 25.2. The van der Waals surface area contributed by atoms with Crippen LogP contribution in [-0.2, 0) is 16.1 Å². The molecule has 0 aliphatic rings. The van der Waals surface area contributed by atoms with E-state index in [-0.39, 0.29) is 18.4 Å². The lowest BCUT2D eigenvalue weighted by atomic mass is 10.1. The van der Waals surface area contributed by atoms with Crippen LogP contribution in [0.3, 0.4) is 0 Å². The Morgan fingerprint density at radius 1 is 1.06 bits per heavy atom. The maximum absolute atomic E-state index is 14.0. The molecular weight excluding hydrogens is 454 g/mol. The number of carbonyl (C=O) groups excluding carboxylic acids is 2. The molecule has 1 N–H and O–H groups in total. The minimum Gasteiger partial charge on any atom is -0.464 e. The SMILES string of the molecule is Cc1ccc(N(C(=O)Cn2nnc3ccccc32)[C@H](C(=O)NCCC(C)C)c2ccc(C)o2)c(C)c1. The predicted molar refractivity (Wildman–Crippen MR) is 140 cm³/mol. The van der Waals surface area contributed by atoms with Crippen molar-refractivity contribution in [2.75, 3.05) is 11.4 Å². The van der Waals surface area contributed by atoms with Gasteiger partial charge in [-0.15, -0.1) is 5.10 Å². The molecule has 0 saturated heterocycles. The number of hydrogen-bond acceptors (Lipinski definition) is 5. The Labute approximate surface area is 211 Å². The first-order valence-corrected chi connectivity index (χ1v) is 12.3. The monoisotopic (exact) mass is 487 g/mol. The van der Waals surface area contributed by atoms with Crippen LogP contribution in [-0.4, -0.2) is 33.4 Å². The minimum atomic E-state index is -0.977. The van der Waals surface area contributed by atoms with Crippen LogP contribution < -0.4 is 10.2 Å². The molecule has 0 radical (unpaired) electrons. The van der Waals surface area contributed by atoms with Crippen LogP contribution in [0, 0.1) is 26.7 Å². The van der Waals surface area contributed by atoms with Crippen LogP contribution in [0.25, 0.3) is 11.0 Å². The highest BCUT2D eigenvalue weighted by Gasteiger charge is 2.36. The van der Waals surface area contributed by atoms with Gasteiger partial charge in [0, 0.05) is 12.2 Å². The Balaban J connectivity index is 1.77. The first-order chi connectivity index (χ1) is 17.2. The number of amides is 2. The van der Waals surface area contributed by atoms with Gasteiger partial charge in [-0.25, -0.2) is 4.68 Å². The van der Waals surface area contributed by atoms with E-state index in [2.05, 4.69) is 29.5 Å². The zero-order chi connectivity index (χ0) is 25.8. The van der Waals surface area contributed by atoms with E-state index in [0.717, 1.165) is 23.1 Å². The van der Waals surface area contributed by atoms with Gasteiger partial charge in [0.2, 0.25) is 5.91 Å². The van der Waals surface area contributed by atoms with Gasteiger partial charge in [-0.05, 0) is 69.0 Å². The molecule has 2 aromatic heterocycles. The summed E-state index contributed by atoms with van der Waals surface area (Å²) in [5.41, 5.74) is 4.05. The molecule has 0 saturated carbocycles. The molecule has 2 amide bonds. The first-order valence-electron chi connectivity index (χ1n) is 12.3. The summed E-state index contributed by atoms with van der Waals surface area (Å²) >= 11 is 0. The van der Waals surface area contributed by atoms with Crippen molar-refractivity contribution in [3.8, 4) is 0 Å². The maximum atomic E-state index is 14.0. The van der Waals surface area contributed by atoms with Gasteiger partial charge >= 0.3 is 0 Å². The summed E-state index contributed by atoms with van der Waals surface area (Å²) in [4.78, 5) is 29.2. The highest BCUT2D eigenvalue weighted by molar-refractivity contribution is 6.01. The second-order valence-corrected chi connectivity index (χ2v) is 9.61. The minimum absolute atomic E-state index is 0.0801. The fourth-order valence-electron chi connectivity index (χ4n) is 4.29. The molecule has 0 unspecified atom stereocenters. The van der Waals surface area contributed by atoms with Gasteiger partial charge in [0.15, 0.2) is 6.04 Å². The average Bonchev–Trinajstić information content (AvgIpc) is 3.44. The Hall–Kier alpha value is -3.94. The standard InChI is InChI=1S/C28H33N5O3/c1-18(2)14-15-29-28(35)27(25-13-11-21(5)36-25)33(23-12-10-19(3)16-20(23)4)26(34)17-32-24-9-7-6-8-22(24)30-31-32/h6-13,16,18,27H,14-15,17H2,1-5H3,(H,29,35)/t27-/m0/s1. The number of rotatable bonds is 9. The molecular formula is C28H33N5O3. The van der Waals surface area contributed by atoms with Crippen molar-refractivity contribution in [1.29, 1.82) is 0 Å². The van der Waals surface area contributed by atoms with Crippen molar-refractivity contribution in [3.05, 3.63) is 77.2 Å². The van der Waals surface area contributed by atoms with Crippen LogP contribution in [0.2, 0.25) is 0 Å². The number of benzene rings is 2. The Kier molecular flexibility index (Phi) is 7.52. The van der Waals surface area contributed by atoms with E-state index < -0.39 is 6.04 Å². The third-order valence-electron chi connectivity index (χ3n) is 6.14. The fourth-order valence-corrected chi connectivity index (χ4v) is 4.29. The summed E-state index contributed by atoms with van der Waals surface area (Å²) in [6.45, 7) is 10.4. The smallest absolute Gasteiger partial charge is 0.251 e. The van der Waals surface area contributed by atoms with Gasteiger partial charge in [0.25, 0.3) is 5.91 Å². The number of aryl methyl sites for hydroxylation is 3. The van der Waals surface area contributed by atoms with Crippen LogP contribution in [0.15, 0.2) is 59.0 Å². The number of para-hydroxylation sites is 1. The van der Waals surface area contributed by atoms with E-state index in [1.165, 1.54) is 4.90 Å². The van der Waals surface area contributed by atoms with Crippen LogP contribution in [0.4, 0.5) is 5.69 Å². The predicted octanol–water partition coefficient (Wildman–Crippen LogP) is 4.89. The molecule has 0 spiro atoms. The Morgan fingerprint density at radius 3 is 2.53 bits per heavy atom. The number of furan rings is 1. The number of fused-ring (bicyclic) bond motifs is 1. The largest absolute Gasteiger partial charge is 0.464 e. The van der Waals surface area contributed by atoms with Crippen molar-refractivity contribution >= 4 is 28.5 Å². The lowest BCUT2D eigenvalue weighted by Gasteiger charge is -2.31. The van der Waals surface area contributed by atoms with E-state index in [4.69, 9.17) is 4.42 Å². The van der Waals surface area contributed by atoms with E-state index in [9.17, 15) is 9.59 Å². The van der Waals surface area contributed by atoms with E-state index in [0.29, 0.717) is 35.2 Å². The molecule has 8 heteroatoms. The highest BCUT2D eigenvalue weighted by Crippen LogP contribution is 2.32. The normalized spacial score (nSPS) is 12.2. The van der Waals surface area contributed by atoms with Crippen molar-refractivity contribution in [2.45, 2.75) is 53.6 Å². The molecule has 1 atom stereocenters. The lowest BCUT2D eigenvalue weighted by Crippen LogP contribution is -2.45. The number of hydrogen-bond donors (Lipinski definition) is 1. The summed E-state index contributed by atoms with van der Waals surface area (Å²) in [6, 6.07) is 15.9. The third kappa shape index (κ3) is 5.48. The summed E-state index contributed by atoms with van der Waals surface area (Å²) in [5.74, 6) is 0.927. The molecule has 4 aromatic rings. The fraction of sp³-hybridized carbons (Fsp3) is 0.357. The number of nitrogens with zero attached hydrogens (tertiary/aromatic N) is 4. The number of carbonyl (C=O) groups is 2. The van der Waals surface area contributed by atoms with Crippen LogP contribution in [0.1, 0.15) is 49.0 Å². The molecule has 188 valence electrons. The van der Waals surface area contributed by atoms with Crippen LogP contribution >= 0.6 is 0 Å². The molecule has 8 nitrogen and oxygen atoms in total. The summed E-state index contributed by atoms with van der Waals surface area (Å²) in [7, 11) is 0. The second kappa shape index (κ2) is 10.8. The van der Waals surface area contributed by atoms with Gasteiger partial charge in [-0.3, -0.25) is 14.5 Å². The molecule has 2 aromatic carbocycles. The molecule has 0 fully saturated rings. The molecule has 0 aliphatic carbocycles. The lowest BCUT2D eigenvalue weighted by molar-refractivity contribution is -0.127. The maximum Gasteiger partial charge on any atom is 0.251 e. The van der Waals surface area contributed by atoms with Crippen molar-refractivity contribution in [2.24, 2.45) is 5.92 Å². The van der Waals surface area contributed by atoms with Crippen molar-refractivity contribution in [3.63, 3.8) is 0 Å². The average molecular weight is 488 g/mol. The number of nitrogens with one attached hydrogen (secondary N) is 1. The Morgan fingerprint density at radius 2 is 1.83 bits per heavy atom. The number of anilines is 1. The summed E-state index contributed by atoms with van der Waals surface area (Å²) in [5, 5.41) is 11.4. The Bertz CT molecular complexity index is 1370. The molecule has 36 heavy (non-hydrogen) atoms. The summed E-state index contributed by atoms with van der Waals surface area (Å²) in [6.07, 6.45) is 0.831. The van der Waals surface area contributed by atoms with Gasteiger partial charge < -0.3 is 9.73 Å². The van der Waals surface area contributed by atoms with Crippen molar-refractivity contribution < 1.29 is 14.0 Å². The summed E-state index contributed by atoms with van der Waals surface area (Å²) < 4.78 is 7.49. The zero-order valence-electron chi connectivity index (χ0n) is 21.5. The van der Waals surface area contributed by atoms with Crippen molar-refractivity contribution in [1.82, 2.24) is 20.3 Å².